The summed E-state index contributed by atoms with van der Waals surface area (Å²) in [6, 6.07) is 55.4. The minimum atomic E-state index is -0.0939. The number of benzene rings is 8. The van der Waals surface area contributed by atoms with Gasteiger partial charge in [0.25, 0.3) is 0 Å². The summed E-state index contributed by atoms with van der Waals surface area (Å²) in [5.74, 6) is 0. The molecule has 2 heteroatoms. The van der Waals surface area contributed by atoms with Gasteiger partial charge in [0, 0.05) is 33.1 Å². The van der Waals surface area contributed by atoms with E-state index in [1.54, 1.807) is 0 Å². The third-order valence-electron chi connectivity index (χ3n) is 10.4. The van der Waals surface area contributed by atoms with Gasteiger partial charge in [0.2, 0.25) is 0 Å². The highest BCUT2D eigenvalue weighted by atomic mass is 16.3. The average Bonchev–Trinajstić information content (AvgIpc) is 3.60. The van der Waals surface area contributed by atoms with Gasteiger partial charge < -0.3 is 9.32 Å². The van der Waals surface area contributed by atoms with Gasteiger partial charge in [0.05, 0.1) is 5.69 Å². The van der Waals surface area contributed by atoms with Crippen LogP contribution in [-0.2, 0) is 5.41 Å². The molecule has 10 rings (SSSR count). The lowest BCUT2D eigenvalue weighted by atomic mass is 9.82. The predicted octanol–water partition coefficient (Wildman–Crippen LogP) is 12.8. The zero-order valence-corrected chi connectivity index (χ0v) is 26.3. The molecule has 0 saturated carbocycles. The summed E-state index contributed by atoms with van der Waals surface area (Å²) in [5.41, 5.74) is 10.5. The lowest BCUT2D eigenvalue weighted by molar-refractivity contribution is 0.660. The molecule has 0 N–H and O–H groups in total. The van der Waals surface area contributed by atoms with E-state index in [0.717, 1.165) is 33.3 Å². The highest BCUT2D eigenvalue weighted by Crippen LogP contribution is 2.54. The first kappa shape index (κ1) is 26.4. The van der Waals surface area contributed by atoms with Gasteiger partial charge in [0.1, 0.15) is 11.2 Å². The number of rotatable bonds is 3. The minimum absolute atomic E-state index is 0.0939. The monoisotopic (exact) mass is 601 g/mol. The van der Waals surface area contributed by atoms with E-state index in [2.05, 4.69) is 158 Å². The van der Waals surface area contributed by atoms with Crippen LogP contribution in [0.5, 0.6) is 0 Å². The van der Waals surface area contributed by atoms with E-state index < -0.39 is 0 Å². The van der Waals surface area contributed by atoms with Crippen molar-refractivity contribution >= 4 is 71.3 Å². The van der Waals surface area contributed by atoms with Crippen molar-refractivity contribution in [3.8, 4) is 11.1 Å². The van der Waals surface area contributed by atoms with Gasteiger partial charge in [-0.2, -0.15) is 0 Å². The van der Waals surface area contributed by atoms with Crippen molar-refractivity contribution in [2.24, 2.45) is 0 Å². The van der Waals surface area contributed by atoms with Crippen LogP contribution in [-0.4, -0.2) is 0 Å². The number of hydrogen-bond acceptors (Lipinski definition) is 2. The van der Waals surface area contributed by atoms with Crippen LogP contribution >= 0.6 is 0 Å². The van der Waals surface area contributed by atoms with Crippen molar-refractivity contribution in [2.75, 3.05) is 4.90 Å². The Morgan fingerprint density at radius 3 is 1.98 bits per heavy atom. The Morgan fingerprint density at radius 2 is 1.09 bits per heavy atom. The van der Waals surface area contributed by atoms with Crippen LogP contribution in [0, 0.1) is 0 Å². The summed E-state index contributed by atoms with van der Waals surface area (Å²) in [6.07, 6.45) is 0. The zero-order valence-electron chi connectivity index (χ0n) is 26.3. The maximum absolute atomic E-state index is 6.26. The molecular weight excluding hydrogens is 571 g/mol. The first-order valence-electron chi connectivity index (χ1n) is 16.4. The van der Waals surface area contributed by atoms with E-state index in [9.17, 15) is 0 Å². The van der Waals surface area contributed by atoms with Crippen molar-refractivity contribution in [3.63, 3.8) is 0 Å². The molecule has 0 unspecified atom stereocenters. The average molecular weight is 602 g/mol. The number of hydrogen-bond donors (Lipinski definition) is 0. The molecule has 0 atom stereocenters. The highest BCUT2D eigenvalue weighted by Gasteiger charge is 2.37. The largest absolute Gasteiger partial charge is 0.456 e. The smallest absolute Gasteiger partial charge is 0.135 e. The number of furan rings is 1. The maximum atomic E-state index is 6.26. The minimum Gasteiger partial charge on any atom is -0.456 e. The second kappa shape index (κ2) is 9.57. The van der Waals surface area contributed by atoms with E-state index in [1.165, 1.54) is 60.3 Å². The van der Waals surface area contributed by atoms with Gasteiger partial charge in [0.15, 0.2) is 0 Å². The van der Waals surface area contributed by atoms with Gasteiger partial charge in [-0.15, -0.1) is 0 Å². The first-order chi connectivity index (χ1) is 23.1. The number of nitrogens with zero attached hydrogens (tertiary/aromatic N) is 1. The van der Waals surface area contributed by atoms with E-state index >= 15 is 0 Å². The molecule has 8 aromatic carbocycles. The molecule has 0 fully saturated rings. The van der Waals surface area contributed by atoms with E-state index in [4.69, 9.17) is 4.42 Å². The third-order valence-corrected chi connectivity index (χ3v) is 10.4. The summed E-state index contributed by atoms with van der Waals surface area (Å²) in [4.78, 5) is 2.45. The Bertz CT molecular complexity index is 2730. The topological polar surface area (TPSA) is 16.4 Å². The fraction of sp³-hybridized carbons (Fsp3) is 0.0667. The molecule has 0 radical (unpaired) electrons. The van der Waals surface area contributed by atoms with Gasteiger partial charge >= 0.3 is 0 Å². The predicted molar refractivity (Wildman–Crippen MR) is 198 cm³/mol. The normalized spacial score (nSPS) is 13.5. The third kappa shape index (κ3) is 3.73. The first-order valence-corrected chi connectivity index (χ1v) is 16.4. The van der Waals surface area contributed by atoms with Gasteiger partial charge in [-0.3, -0.25) is 0 Å². The molecule has 222 valence electrons. The molecule has 0 spiro atoms. The molecule has 0 bridgehead atoms. The van der Waals surface area contributed by atoms with Gasteiger partial charge in [-0.25, -0.2) is 0 Å². The molecular formula is C45H31NO. The molecule has 1 aliphatic rings. The fourth-order valence-electron chi connectivity index (χ4n) is 8.16. The highest BCUT2D eigenvalue weighted by molar-refractivity contribution is 6.18. The van der Waals surface area contributed by atoms with Crippen LogP contribution in [0.3, 0.4) is 0 Å². The molecule has 1 aromatic heterocycles. The lowest BCUT2D eigenvalue weighted by Crippen LogP contribution is -2.16. The SMILES string of the molecule is CC1(C)c2ccccc2-c2c(N(c3ccc4c(ccc5c6ccccc6ccc45)c3)c3ccc4oc5ccccc5c4c3)cccc21. The molecule has 1 aliphatic carbocycles. The molecule has 1 heterocycles. The molecule has 47 heavy (non-hydrogen) atoms. The van der Waals surface area contributed by atoms with E-state index in [0.29, 0.717) is 0 Å². The van der Waals surface area contributed by atoms with Crippen LogP contribution in [0.1, 0.15) is 25.0 Å². The lowest BCUT2D eigenvalue weighted by Gasteiger charge is -2.29. The number of fused-ring (bicyclic) bond motifs is 11. The van der Waals surface area contributed by atoms with Crippen LogP contribution in [0.25, 0.3) is 65.4 Å². The van der Waals surface area contributed by atoms with E-state index in [1.807, 2.05) is 12.1 Å². The quantitative estimate of drug-likeness (QED) is 0.187. The Labute approximate surface area is 273 Å². The van der Waals surface area contributed by atoms with Crippen molar-refractivity contribution in [3.05, 3.63) is 163 Å². The van der Waals surface area contributed by atoms with Gasteiger partial charge in [-0.05, 0) is 91.5 Å². The van der Waals surface area contributed by atoms with Crippen LogP contribution in [0.2, 0.25) is 0 Å². The van der Waals surface area contributed by atoms with Crippen molar-refractivity contribution in [2.45, 2.75) is 19.3 Å². The van der Waals surface area contributed by atoms with Crippen molar-refractivity contribution in [1.29, 1.82) is 0 Å². The summed E-state index contributed by atoms with van der Waals surface area (Å²) in [6.45, 7) is 4.70. The Balaban J connectivity index is 1.25. The molecule has 2 nitrogen and oxygen atoms in total. The molecule has 0 saturated heterocycles. The number of para-hydroxylation sites is 1. The summed E-state index contributed by atoms with van der Waals surface area (Å²) < 4.78 is 6.26. The van der Waals surface area contributed by atoms with Crippen LogP contribution < -0.4 is 4.90 Å². The zero-order chi connectivity index (χ0) is 31.3. The standard InChI is InChI=1S/C45H31NO/c1-45(2)39-14-7-5-13-37(39)44-40(45)15-9-16-41(44)46(31-21-25-43-38(27-31)36-12-6-8-17-42(36)47-43)30-20-24-33-29(26-30)19-23-34-32-11-4-3-10-28(32)18-22-35(33)34/h3-27H,1-2H3. The number of anilines is 3. The van der Waals surface area contributed by atoms with Crippen molar-refractivity contribution < 1.29 is 4.42 Å². The second-order valence-corrected chi connectivity index (χ2v) is 13.3. The van der Waals surface area contributed by atoms with Crippen molar-refractivity contribution in [1.82, 2.24) is 0 Å². The molecule has 0 amide bonds. The summed E-state index contributed by atoms with van der Waals surface area (Å²) in [7, 11) is 0. The molecule has 0 aliphatic heterocycles. The van der Waals surface area contributed by atoms with E-state index in [-0.39, 0.29) is 5.41 Å². The summed E-state index contributed by atoms with van der Waals surface area (Å²) in [5, 5.41) is 9.86. The Morgan fingerprint density at radius 1 is 0.447 bits per heavy atom. The second-order valence-electron chi connectivity index (χ2n) is 13.3. The van der Waals surface area contributed by atoms with Crippen LogP contribution in [0.15, 0.2) is 156 Å². The summed E-state index contributed by atoms with van der Waals surface area (Å²) >= 11 is 0. The van der Waals surface area contributed by atoms with Gasteiger partial charge in [-0.1, -0.05) is 123 Å². The fourth-order valence-corrected chi connectivity index (χ4v) is 8.16. The molecule has 9 aromatic rings. The Hall–Kier alpha value is -5.86. The Kier molecular flexibility index (Phi) is 5.37. The maximum Gasteiger partial charge on any atom is 0.135 e. The van der Waals surface area contributed by atoms with Crippen LogP contribution in [0.4, 0.5) is 17.1 Å².